The quantitative estimate of drug-likeness (QED) is 0.880. The summed E-state index contributed by atoms with van der Waals surface area (Å²) in [5, 5.41) is 5.19. The van der Waals surface area contributed by atoms with Crippen LogP contribution in [-0.2, 0) is 11.3 Å². The second-order valence-electron chi connectivity index (χ2n) is 5.76. The van der Waals surface area contributed by atoms with Crippen LogP contribution in [0.4, 0.5) is 0 Å². The van der Waals surface area contributed by atoms with E-state index in [1.165, 1.54) is 10.4 Å². The number of likely N-dealkylation sites (N-methyl/N-ethyl adjacent to an activating group) is 1. The molecule has 22 heavy (non-hydrogen) atoms. The van der Waals surface area contributed by atoms with Crippen molar-refractivity contribution >= 4 is 17.2 Å². The summed E-state index contributed by atoms with van der Waals surface area (Å²) >= 11 is 1.74. The first-order valence-corrected chi connectivity index (χ1v) is 8.45. The molecule has 0 spiro atoms. The lowest BCUT2D eigenvalue weighted by atomic mass is 10.1. The monoisotopic (exact) mass is 316 g/mol. The van der Waals surface area contributed by atoms with Gasteiger partial charge in [0.2, 0.25) is 5.91 Å². The van der Waals surface area contributed by atoms with Gasteiger partial charge in [0.25, 0.3) is 0 Å². The summed E-state index contributed by atoms with van der Waals surface area (Å²) in [4.78, 5) is 15.8. The molecule has 2 aromatic rings. The third-order valence-electron chi connectivity index (χ3n) is 4.06. The first-order valence-electron chi connectivity index (χ1n) is 7.57. The Labute approximate surface area is 137 Å². The van der Waals surface area contributed by atoms with Gasteiger partial charge in [0.1, 0.15) is 0 Å². The molecule has 1 amide bonds. The number of hydrogen-bond donors (Lipinski definition) is 1. The summed E-state index contributed by atoms with van der Waals surface area (Å²) in [5.74, 6) is 0.0630. The van der Waals surface area contributed by atoms with E-state index in [2.05, 4.69) is 28.6 Å². The van der Waals surface area contributed by atoms with E-state index in [4.69, 9.17) is 0 Å². The molecule has 1 N–H and O–H groups in total. The fourth-order valence-corrected chi connectivity index (χ4v) is 3.26. The topological polar surface area (TPSA) is 32.3 Å². The van der Waals surface area contributed by atoms with E-state index < -0.39 is 0 Å². The van der Waals surface area contributed by atoms with Crippen molar-refractivity contribution in [1.82, 2.24) is 10.2 Å². The van der Waals surface area contributed by atoms with Crippen LogP contribution in [0.3, 0.4) is 0 Å². The fourth-order valence-electron chi connectivity index (χ4n) is 2.29. The Morgan fingerprint density at radius 1 is 1.23 bits per heavy atom. The Hall–Kier alpha value is -1.65. The van der Waals surface area contributed by atoms with Gasteiger partial charge in [0.15, 0.2) is 0 Å². The van der Waals surface area contributed by atoms with Crippen LogP contribution in [0, 0.1) is 6.92 Å². The predicted molar refractivity (Wildman–Crippen MR) is 93.0 cm³/mol. The zero-order chi connectivity index (χ0) is 16.1. The van der Waals surface area contributed by atoms with Gasteiger partial charge in [-0.25, -0.2) is 0 Å². The molecular weight excluding hydrogens is 292 g/mol. The number of hydrogen-bond acceptors (Lipinski definition) is 3. The maximum Gasteiger partial charge on any atom is 0.237 e. The van der Waals surface area contributed by atoms with Crippen molar-refractivity contribution in [2.24, 2.45) is 0 Å². The van der Waals surface area contributed by atoms with E-state index in [-0.39, 0.29) is 18.0 Å². The van der Waals surface area contributed by atoms with Gasteiger partial charge in [-0.1, -0.05) is 30.3 Å². The Bertz CT molecular complexity index is 609. The highest BCUT2D eigenvalue weighted by molar-refractivity contribution is 7.10. The van der Waals surface area contributed by atoms with Crippen LogP contribution in [0.1, 0.15) is 35.9 Å². The van der Waals surface area contributed by atoms with E-state index in [1.807, 2.05) is 51.2 Å². The highest BCUT2D eigenvalue weighted by Gasteiger charge is 2.20. The zero-order valence-electron chi connectivity index (χ0n) is 13.7. The van der Waals surface area contributed by atoms with Crippen LogP contribution in [-0.4, -0.2) is 23.9 Å². The fraction of sp³-hybridized carbons (Fsp3) is 0.389. The maximum absolute atomic E-state index is 12.4. The van der Waals surface area contributed by atoms with Crippen LogP contribution in [0.15, 0.2) is 41.8 Å². The number of aryl methyl sites for hydroxylation is 1. The standard InChI is InChI=1S/C18H24N2OS/c1-13-10-11-22-17(13)12-20(4)15(3)18(21)19-14(2)16-8-6-5-7-9-16/h5-11,14-15H,12H2,1-4H3,(H,19,21). The third kappa shape index (κ3) is 4.18. The van der Waals surface area contributed by atoms with Gasteiger partial charge < -0.3 is 5.32 Å². The molecule has 0 aliphatic carbocycles. The summed E-state index contributed by atoms with van der Waals surface area (Å²) in [6, 6.07) is 12.0. The first-order chi connectivity index (χ1) is 10.5. The molecule has 0 bridgehead atoms. The van der Waals surface area contributed by atoms with Crippen molar-refractivity contribution in [3.63, 3.8) is 0 Å². The Kier molecular flexibility index (Phi) is 5.75. The Morgan fingerprint density at radius 2 is 1.91 bits per heavy atom. The molecule has 0 fully saturated rings. The number of nitrogens with one attached hydrogen (secondary N) is 1. The van der Waals surface area contributed by atoms with E-state index in [9.17, 15) is 4.79 Å². The summed E-state index contributed by atoms with van der Waals surface area (Å²) in [7, 11) is 2.00. The minimum absolute atomic E-state index is 0.0213. The smallest absolute Gasteiger partial charge is 0.237 e. The number of amides is 1. The van der Waals surface area contributed by atoms with Crippen molar-refractivity contribution in [3.8, 4) is 0 Å². The highest BCUT2D eigenvalue weighted by atomic mass is 32.1. The molecule has 3 nitrogen and oxygen atoms in total. The van der Waals surface area contributed by atoms with Crippen molar-refractivity contribution in [1.29, 1.82) is 0 Å². The molecule has 2 atom stereocenters. The average Bonchev–Trinajstić information content (AvgIpc) is 2.92. The van der Waals surface area contributed by atoms with Gasteiger partial charge >= 0.3 is 0 Å². The van der Waals surface area contributed by atoms with Gasteiger partial charge in [-0.3, -0.25) is 9.69 Å². The summed E-state index contributed by atoms with van der Waals surface area (Å²) in [6.45, 7) is 6.89. The number of benzene rings is 1. The number of thiophene rings is 1. The van der Waals surface area contributed by atoms with Crippen molar-refractivity contribution in [2.75, 3.05) is 7.05 Å². The van der Waals surface area contributed by atoms with Crippen molar-refractivity contribution in [3.05, 3.63) is 57.8 Å². The Balaban J connectivity index is 1.92. The molecule has 0 aliphatic rings. The summed E-state index contributed by atoms with van der Waals surface area (Å²) in [6.07, 6.45) is 0. The molecule has 1 heterocycles. The molecule has 1 aromatic heterocycles. The lowest BCUT2D eigenvalue weighted by Crippen LogP contribution is -2.43. The normalized spacial score (nSPS) is 13.9. The molecule has 0 aliphatic heterocycles. The van der Waals surface area contributed by atoms with Gasteiger partial charge in [0, 0.05) is 11.4 Å². The second-order valence-corrected chi connectivity index (χ2v) is 6.76. The van der Waals surface area contributed by atoms with Crippen LogP contribution in [0.5, 0.6) is 0 Å². The lowest BCUT2D eigenvalue weighted by Gasteiger charge is -2.25. The van der Waals surface area contributed by atoms with Gasteiger partial charge in [-0.05, 0) is 50.4 Å². The van der Waals surface area contributed by atoms with Crippen LogP contribution >= 0.6 is 11.3 Å². The van der Waals surface area contributed by atoms with Crippen molar-refractivity contribution < 1.29 is 4.79 Å². The Morgan fingerprint density at radius 3 is 2.50 bits per heavy atom. The first kappa shape index (κ1) is 16.7. The molecule has 118 valence electrons. The van der Waals surface area contributed by atoms with Crippen molar-refractivity contribution in [2.45, 2.75) is 39.4 Å². The van der Waals surface area contributed by atoms with E-state index >= 15 is 0 Å². The van der Waals surface area contributed by atoms with Crippen LogP contribution in [0.25, 0.3) is 0 Å². The maximum atomic E-state index is 12.4. The van der Waals surface area contributed by atoms with Gasteiger partial charge in [0.05, 0.1) is 12.1 Å². The largest absolute Gasteiger partial charge is 0.348 e. The van der Waals surface area contributed by atoms with E-state index in [0.29, 0.717) is 0 Å². The van der Waals surface area contributed by atoms with E-state index in [0.717, 1.165) is 12.1 Å². The molecule has 1 aromatic carbocycles. The lowest BCUT2D eigenvalue weighted by molar-refractivity contribution is -0.126. The van der Waals surface area contributed by atoms with Crippen LogP contribution in [0.2, 0.25) is 0 Å². The minimum Gasteiger partial charge on any atom is -0.348 e. The average molecular weight is 316 g/mol. The molecule has 2 rings (SSSR count). The van der Waals surface area contributed by atoms with Gasteiger partial charge in [-0.15, -0.1) is 11.3 Å². The summed E-state index contributed by atoms with van der Waals surface area (Å²) in [5.41, 5.74) is 2.42. The molecule has 0 saturated carbocycles. The number of nitrogens with zero attached hydrogens (tertiary/aromatic N) is 1. The highest BCUT2D eigenvalue weighted by Crippen LogP contribution is 2.18. The minimum atomic E-state index is -0.160. The summed E-state index contributed by atoms with van der Waals surface area (Å²) < 4.78 is 0. The number of carbonyl (C=O) groups is 1. The van der Waals surface area contributed by atoms with Crippen LogP contribution < -0.4 is 5.32 Å². The third-order valence-corrected chi connectivity index (χ3v) is 5.07. The SMILES string of the molecule is Cc1ccsc1CN(C)C(C)C(=O)NC(C)c1ccccc1. The van der Waals surface area contributed by atoms with Gasteiger partial charge in [-0.2, -0.15) is 0 Å². The molecular formula is C18H24N2OS. The predicted octanol–water partition coefficient (Wildman–Crippen LogP) is 3.75. The molecule has 0 radical (unpaired) electrons. The zero-order valence-corrected chi connectivity index (χ0v) is 14.5. The number of rotatable bonds is 6. The van der Waals surface area contributed by atoms with E-state index in [1.54, 1.807) is 11.3 Å². The molecule has 4 heteroatoms. The number of carbonyl (C=O) groups excluding carboxylic acids is 1. The molecule has 2 unspecified atom stereocenters. The second kappa shape index (κ2) is 7.56. The molecule has 0 saturated heterocycles.